The van der Waals surface area contributed by atoms with Crippen LogP contribution in [0.3, 0.4) is 0 Å². The first kappa shape index (κ1) is 12.6. The van der Waals surface area contributed by atoms with Crippen LogP contribution in [0, 0.1) is 0 Å². The van der Waals surface area contributed by atoms with E-state index >= 15 is 0 Å². The van der Waals surface area contributed by atoms with Gasteiger partial charge in [-0.25, -0.2) is 4.99 Å². The topological polar surface area (TPSA) is 67.8 Å². The molecule has 0 aliphatic carbocycles. The lowest BCUT2D eigenvalue weighted by molar-refractivity contribution is -0.114. The van der Waals surface area contributed by atoms with Crippen LogP contribution in [-0.2, 0) is 4.79 Å². The van der Waals surface area contributed by atoms with Crippen molar-refractivity contribution in [2.45, 2.75) is 45.1 Å². The van der Waals surface area contributed by atoms with Crippen molar-refractivity contribution in [3.63, 3.8) is 0 Å². The van der Waals surface area contributed by atoms with Gasteiger partial charge < -0.3 is 5.73 Å². The Hall–Kier alpha value is -1.45. The van der Waals surface area contributed by atoms with Crippen molar-refractivity contribution < 1.29 is 4.79 Å². The van der Waals surface area contributed by atoms with Crippen molar-refractivity contribution in [2.24, 2.45) is 15.7 Å². The number of nitrogens with two attached hydrogens (primary N) is 1. The van der Waals surface area contributed by atoms with Gasteiger partial charge in [0.25, 0.3) is 0 Å². The predicted octanol–water partition coefficient (Wildman–Crippen LogP) is 1.85. The third-order valence-electron chi connectivity index (χ3n) is 2.68. The van der Waals surface area contributed by atoms with Gasteiger partial charge in [-0.05, 0) is 12.8 Å². The number of aliphatic imine (C=N–C) groups is 2. The summed E-state index contributed by atoms with van der Waals surface area (Å²) in [6.45, 7) is 7.86. The Labute approximate surface area is 96.4 Å². The largest absolute Gasteiger partial charge is 0.366 e. The smallest absolute Gasteiger partial charge is 0.246 e. The van der Waals surface area contributed by atoms with Crippen LogP contribution in [0.1, 0.15) is 39.5 Å². The molecule has 0 aromatic heterocycles. The zero-order valence-electron chi connectivity index (χ0n) is 9.99. The first-order chi connectivity index (χ1) is 7.55. The zero-order valence-corrected chi connectivity index (χ0v) is 9.99. The molecule has 0 bridgehead atoms. The molecule has 0 aromatic rings. The third-order valence-corrected chi connectivity index (χ3v) is 2.68. The molecule has 0 radical (unpaired) electrons. The molecule has 88 valence electrons. The Bertz CT molecular complexity index is 357. The van der Waals surface area contributed by atoms with Crippen LogP contribution in [0.4, 0.5) is 0 Å². The van der Waals surface area contributed by atoms with Crippen LogP contribution in [0.25, 0.3) is 0 Å². The summed E-state index contributed by atoms with van der Waals surface area (Å²) in [5.41, 5.74) is 4.94. The van der Waals surface area contributed by atoms with Crippen LogP contribution in [0.15, 0.2) is 22.1 Å². The number of amides is 1. The van der Waals surface area contributed by atoms with Gasteiger partial charge in [0.1, 0.15) is 11.4 Å². The minimum Gasteiger partial charge on any atom is -0.366 e. The minimum absolute atomic E-state index is 0.337. The average Bonchev–Trinajstić information content (AvgIpc) is 2.63. The molecule has 1 atom stereocenters. The second-order valence-corrected chi connectivity index (χ2v) is 4.05. The number of rotatable bonds is 6. The highest BCUT2D eigenvalue weighted by atomic mass is 16.1. The van der Waals surface area contributed by atoms with Crippen LogP contribution in [0.5, 0.6) is 0 Å². The highest BCUT2D eigenvalue weighted by Crippen LogP contribution is 2.29. The van der Waals surface area contributed by atoms with Gasteiger partial charge in [0, 0.05) is 18.2 Å². The molecule has 1 aliphatic rings. The number of hydrogen-bond donors (Lipinski definition) is 1. The van der Waals surface area contributed by atoms with Crippen molar-refractivity contribution >= 4 is 18.0 Å². The number of amidine groups is 1. The lowest BCUT2D eigenvalue weighted by Gasteiger charge is -2.22. The Morgan fingerprint density at radius 3 is 2.69 bits per heavy atom. The molecule has 1 rings (SSSR count). The fourth-order valence-electron chi connectivity index (χ4n) is 1.82. The van der Waals surface area contributed by atoms with Crippen LogP contribution >= 0.6 is 0 Å². The first-order valence-electron chi connectivity index (χ1n) is 5.69. The number of carbonyl (C=O) groups excluding carboxylic acids is 1. The van der Waals surface area contributed by atoms with E-state index < -0.39 is 11.4 Å². The van der Waals surface area contributed by atoms with Crippen molar-refractivity contribution in [3.8, 4) is 0 Å². The molecule has 1 heterocycles. The Morgan fingerprint density at radius 2 is 2.19 bits per heavy atom. The van der Waals surface area contributed by atoms with Gasteiger partial charge in [-0.3, -0.25) is 9.79 Å². The molecule has 0 aromatic carbocycles. The first-order valence-corrected chi connectivity index (χ1v) is 5.69. The second kappa shape index (κ2) is 5.05. The van der Waals surface area contributed by atoms with E-state index in [1.165, 1.54) is 0 Å². The molecule has 0 saturated heterocycles. The van der Waals surface area contributed by atoms with Gasteiger partial charge in [0.2, 0.25) is 5.91 Å². The fourth-order valence-corrected chi connectivity index (χ4v) is 1.82. The summed E-state index contributed by atoms with van der Waals surface area (Å²) in [6, 6.07) is 0. The molecule has 0 fully saturated rings. The van der Waals surface area contributed by atoms with E-state index in [0.29, 0.717) is 5.57 Å². The van der Waals surface area contributed by atoms with Gasteiger partial charge in [-0.15, -0.1) is 0 Å². The third kappa shape index (κ3) is 2.38. The zero-order chi connectivity index (χ0) is 12.2. The number of carbonyl (C=O) groups is 1. The molecule has 16 heavy (non-hydrogen) atoms. The highest BCUT2D eigenvalue weighted by molar-refractivity contribution is 6.06. The molecule has 0 spiro atoms. The summed E-state index contributed by atoms with van der Waals surface area (Å²) < 4.78 is 0. The van der Waals surface area contributed by atoms with Gasteiger partial charge in [0.05, 0.1) is 0 Å². The van der Waals surface area contributed by atoms with Crippen LogP contribution in [-0.4, -0.2) is 23.5 Å². The quantitative estimate of drug-likeness (QED) is 0.683. The normalized spacial score (nSPS) is 23.2. The van der Waals surface area contributed by atoms with Gasteiger partial charge >= 0.3 is 0 Å². The molecular formula is C12H19N3O. The maximum absolute atomic E-state index is 11.2. The summed E-state index contributed by atoms with van der Waals surface area (Å²) in [6.07, 6.45) is 5.16. The van der Waals surface area contributed by atoms with Crippen LogP contribution < -0.4 is 5.73 Å². The predicted molar refractivity (Wildman–Crippen MR) is 66.8 cm³/mol. The minimum atomic E-state index is -0.676. The van der Waals surface area contributed by atoms with E-state index in [1.807, 2.05) is 6.92 Å². The molecule has 1 amide bonds. The molecule has 4 heteroatoms. The number of hydrogen-bond acceptors (Lipinski definition) is 3. The maximum atomic E-state index is 11.2. The SMILES string of the molecule is C=C(C(N)=O)C1(CCC)C=NC(CCC)=N1. The summed E-state index contributed by atoms with van der Waals surface area (Å²) in [7, 11) is 0. The van der Waals surface area contributed by atoms with Crippen molar-refractivity contribution in [1.82, 2.24) is 0 Å². The van der Waals surface area contributed by atoms with E-state index in [1.54, 1.807) is 6.21 Å². The average molecular weight is 221 g/mol. The number of nitrogens with zero attached hydrogens (tertiary/aromatic N) is 2. The second-order valence-electron chi connectivity index (χ2n) is 4.05. The molecule has 4 nitrogen and oxygen atoms in total. The summed E-state index contributed by atoms with van der Waals surface area (Å²) in [4.78, 5) is 20.0. The van der Waals surface area contributed by atoms with Crippen molar-refractivity contribution in [1.29, 1.82) is 0 Å². The van der Waals surface area contributed by atoms with Gasteiger partial charge in [-0.1, -0.05) is 26.8 Å². The summed E-state index contributed by atoms with van der Waals surface area (Å²) in [5.74, 6) is 0.291. The maximum Gasteiger partial charge on any atom is 0.246 e. The fraction of sp³-hybridized carbons (Fsp3) is 0.583. The lowest BCUT2D eigenvalue weighted by Crippen LogP contribution is -2.35. The monoisotopic (exact) mass is 221 g/mol. The lowest BCUT2D eigenvalue weighted by atomic mass is 9.88. The van der Waals surface area contributed by atoms with E-state index in [-0.39, 0.29) is 0 Å². The highest BCUT2D eigenvalue weighted by Gasteiger charge is 2.36. The van der Waals surface area contributed by atoms with Gasteiger partial charge in [-0.2, -0.15) is 0 Å². The molecule has 0 saturated carbocycles. The van der Waals surface area contributed by atoms with Gasteiger partial charge in [0.15, 0.2) is 0 Å². The molecular weight excluding hydrogens is 202 g/mol. The van der Waals surface area contributed by atoms with Crippen molar-refractivity contribution in [2.75, 3.05) is 0 Å². The van der Waals surface area contributed by atoms with Crippen molar-refractivity contribution in [3.05, 3.63) is 12.2 Å². The van der Waals surface area contributed by atoms with Crippen LogP contribution in [0.2, 0.25) is 0 Å². The van der Waals surface area contributed by atoms with E-state index in [2.05, 4.69) is 23.5 Å². The standard InChI is InChI=1S/C12H19N3O/c1-4-6-10-14-8-12(15-10,7-5-2)9(3)11(13)16/h8H,3-7H2,1-2H3,(H2,13,16). The van der Waals surface area contributed by atoms with E-state index in [9.17, 15) is 4.79 Å². The Kier molecular flexibility index (Phi) is 3.99. The van der Waals surface area contributed by atoms with E-state index in [0.717, 1.165) is 31.5 Å². The molecule has 1 aliphatic heterocycles. The molecule has 1 unspecified atom stereocenters. The molecule has 2 N–H and O–H groups in total. The number of primary amides is 1. The van der Waals surface area contributed by atoms with E-state index in [4.69, 9.17) is 5.73 Å². The Balaban J connectivity index is 2.97. The summed E-state index contributed by atoms with van der Waals surface area (Å²) >= 11 is 0. The summed E-state index contributed by atoms with van der Waals surface area (Å²) in [5, 5.41) is 0. The Morgan fingerprint density at radius 1 is 1.50 bits per heavy atom.